The zero-order chi connectivity index (χ0) is 19.2. The topological polar surface area (TPSA) is 72.8 Å². The summed E-state index contributed by atoms with van der Waals surface area (Å²) in [5, 5.41) is 7.74. The Balaban J connectivity index is 2.09. The van der Waals surface area contributed by atoms with Gasteiger partial charge in [-0.15, -0.1) is 0 Å². The molecule has 0 aliphatic rings. The number of fused-ring (bicyclic) bond motifs is 1. The molecule has 0 radical (unpaired) electrons. The van der Waals surface area contributed by atoms with Crippen LogP contribution in [0, 0.1) is 3.57 Å². The molecular formula is C19H24IN3O3. The maximum atomic E-state index is 12.6. The molecule has 7 heteroatoms. The quantitative estimate of drug-likeness (QED) is 0.362. The molecule has 1 aromatic carbocycles. The van der Waals surface area contributed by atoms with Gasteiger partial charge in [0.2, 0.25) is 0 Å². The lowest BCUT2D eigenvalue weighted by molar-refractivity contribution is -0.129. The van der Waals surface area contributed by atoms with E-state index in [2.05, 4.69) is 38.0 Å². The van der Waals surface area contributed by atoms with Gasteiger partial charge < -0.3 is 14.9 Å². The van der Waals surface area contributed by atoms with Crippen LogP contribution in [0.5, 0.6) is 5.75 Å². The maximum Gasteiger partial charge on any atom is 0.261 e. The molecule has 2 rings (SSSR count). The molecule has 6 nitrogen and oxygen atoms in total. The highest BCUT2D eigenvalue weighted by atomic mass is 127. The monoisotopic (exact) mass is 469 g/mol. The molecule has 26 heavy (non-hydrogen) atoms. The van der Waals surface area contributed by atoms with E-state index in [0.29, 0.717) is 18.8 Å². The van der Waals surface area contributed by atoms with E-state index in [1.165, 1.54) is 0 Å². The van der Waals surface area contributed by atoms with Gasteiger partial charge in [-0.1, -0.05) is 12.1 Å². The molecule has 0 fully saturated rings. The Bertz CT molecular complexity index is 793. The first-order valence-electron chi connectivity index (χ1n) is 8.55. The average Bonchev–Trinajstić information content (AvgIpc) is 2.58. The third kappa shape index (κ3) is 5.82. The minimum absolute atomic E-state index is 0.193. The zero-order valence-corrected chi connectivity index (χ0v) is 17.6. The second-order valence-electron chi connectivity index (χ2n) is 6.39. The Kier molecular flexibility index (Phi) is 7.19. The number of hydrogen-bond donors (Lipinski definition) is 1. The van der Waals surface area contributed by atoms with Crippen molar-refractivity contribution < 1.29 is 14.4 Å². The Morgan fingerprint density at radius 2 is 2.15 bits per heavy atom. The van der Waals surface area contributed by atoms with Gasteiger partial charge in [0, 0.05) is 15.2 Å². The lowest BCUT2D eigenvalue weighted by Crippen LogP contribution is -2.50. The summed E-state index contributed by atoms with van der Waals surface area (Å²) in [6.45, 7) is 7.95. The highest BCUT2D eigenvalue weighted by Gasteiger charge is 2.25. The lowest BCUT2D eigenvalue weighted by Gasteiger charge is -2.25. The number of halogens is 1. The molecule has 0 aliphatic carbocycles. The molecule has 140 valence electrons. The fourth-order valence-corrected chi connectivity index (χ4v) is 2.79. The van der Waals surface area contributed by atoms with Crippen LogP contribution in [-0.4, -0.2) is 35.4 Å². The molecule has 2 aromatic rings. The van der Waals surface area contributed by atoms with Gasteiger partial charge in [-0.3, -0.25) is 9.78 Å². The number of carbonyl (C=O) groups excluding carboxylic acids is 1. The number of benzene rings is 1. The fraction of sp³-hybridized carbons (Fsp3) is 0.421. The van der Waals surface area contributed by atoms with Gasteiger partial charge >= 0.3 is 0 Å². The predicted molar refractivity (Wildman–Crippen MR) is 112 cm³/mol. The molecule has 1 aromatic heterocycles. The first-order valence-corrected chi connectivity index (χ1v) is 9.63. The third-order valence-corrected chi connectivity index (χ3v) is 4.18. The minimum atomic E-state index is -0.632. The van der Waals surface area contributed by atoms with Gasteiger partial charge in [0.05, 0.1) is 17.3 Å². The minimum Gasteiger partial charge on any atom is -0.481 e. The molecular weight excluding hydrogens is 445 g/mol. The summed E-state index contributed by atoms with van der Waals surface area (Å²) >= 11 is 2.22. The Morgan fingerprint density at radius 3 is 2.85 bits per heavy atom. The number of nitrogens with one attached hydrogen (secondary N) is 1. The van der Waals surface area contributed by atoms with Crippen molar-refractivity contribution in [1.82, 2.24) is 10.3 Å². The summed E-state index contributed by atoms with van der Waals surface area (Å²) in [6, 6.07) is 7.66. The van der Waals surface area contributed by atoms with E-state index in [1.807, 2.05) is 58.2 Å². The highest BCUT2D eigenvalue weighted by molar-refractivity contribution is 14.1. The van der Waals surface area contributed by atoms with E-state index in [4.69, 9.17) is 9.57 Å². The van der Waals surface area contributed by atoms with Gasteiger partial charge in [-0.2, -0.15) is 0 Å². The standard InChI is InChI=1S/C19H24IN3O3/c1-5-17(18(24)23-19(3,4)12-22-25-6-2)26-15-7-8-16-13(10-15)9-14(20)11-21-16/h7-12,17H,5-6H2,1-4H3,(H,23,24)/b22-12-. The number of rotatable bonds is 8. The summed E-state index contributed by atoms with van der Waals surface area (Å²) in [5.74, 6) is 0.449. The largest absolute Gasteiger partial charge is 0.481 e. The summed E-state index contributed by atoms with van der Waals surface area (Å²) < 4.78 is 6.98. The predicted octanol–water partition coefficient (Wildman–Crippen LogP) is 3.91. The third-order valence-electron chi connectivity index (χ3n) is 3.59. The molecule has 0 saturated carbocycles. The van der Waals surface area contributed by atoms with Crippen LogP contribution in [0.25, 0.3) is 10.9 Å². The highest BCUT2D eigenvalue weighted by Crippen LogP contribution is 2.22. The van der Waals surface area contributed by atoms with Crippen LogP contribution < -0.4 is 10.1 Å². The number of ether oxygens (including phenoxy) is 1. The molecule has 0 bridgehead atoms. The average molecular weight is 469 g/mol. The van der Waals surface area contributed by atoms with Crippen LogP contribution in [0.2, 0.25) is 0 Å². The number of pyridine rings is 1. The van der Waals surface area contributed by atoms with Gasteiger partial charge in [-0.25, -0.2) is 0 Å². The number of hydrogen-bond acceptors (Lipinski definition) is 5. The van der Waals surface area contributed by atoms with Crippen molar-refractivity contribution in [3.63, 3.8) is 0 Å². The van der Waals surface area contributed by atoms with Gasteiger partial charge in [0.1, 0.15) is 12.4 Å². The molecule has 1 heterocycles. The van der Waals surface area contributed by atoms with E-state index in [-0.39, 0.29) is 5.91 Å². The zero-order valence-electron chi connectivity index (χ0n) is 15.5. The van der Waals surface area contributed by atoms with Crippen LogP contribution >= 0.6 is 22.6 Å². The summed E-state index contributed by atoms with van der Waals surface area (Å²) in [4.78, 5) is 21.9. The number of carbonyl (C=O) groups is 1. The summed E-state index contributed by atoms with van der Waals surface area (Å²) in [6.07, 6.45) is 3.35. The fourth-order valence-electron chi connectivity index (χ4n) is 2.32. The smallest absolute Gasteiger partial charge is 0.261 e. The Morgan fingerprint density at radius 1 is 1.38 bits per heavy atom. The lowest BCUT2D eigenvalue weighted by atomic mass is 10.1. The van der Waals surface area contributed by atoms with E-state index in [1.54, 1.807) is 6.21 Å². The van der Waals surface area contributed by atoms with E-state index in [9.17, 15) is 4.79 Å². The molecule has 1 N–H and O–H groups in total. The van der Waals surface area contributed by atoms with Crippen molar-refractivity contribution in [2.24, 2.45) is 5.16 Å². The molecule has 0 spiro atoms. The van der Waals surface area contributed by atoms with Crippen LogP contribution in [-0.2, 0) is 9.63 Å². The van der Waals surface area contributed by atoms with Gasteiger partial charge in [-0.05, 0) is 74.0 Å². The molecule has 1 amide bonds. The van der Waals surface area contributed by atoms with Crippen molar-refractivity contribution >= 4 is 45.6 Å². The Hall–Kier alpha value is -1.90. The van der Waals surface area contributed by atoms with Crippen molar-refractivity contribution in [1.29, 1.82) is 0 Å². The number of amides is 1. The van der Waals surface area contributed by atoms with E-state index < -0.39 is 11.6 Å². The molecule has 0 saturated heterocycles. The van der Waals surface area contributed by atoms with Crippen LogP contribution in [0.1, 0.15) is 34.1 Å². The van der Waals surface area contributed by atoms with Crippen molar-refractivity contribution in [2.75, 3.05) is 6.61 Å². The van der Waals surface area contributed by atoms with Crippen molar-refractivity contribution in [3.8, 4) is 5.75 Å². The normalized spacial score (nSPS) is 13.0. The molecule has 1 atom stereocenters. The van der Waals surface area contributed by atoms with Crippen LogP contribution in [0.3, 0.4) is 0 Å². The Labute approximate surface area is 167 Å². The molecule has 1 unspecified atom stereocenters. The molecule has 0 aliphatic heterocycles. The van der Waals surface area contributed by atoms with Crippen LogP contribution in [0.4, 0.5) is 0 Å². The van der Waals surface area contributed by atoms with E-state index >= 15 is 0 Å². The summed E-state index contributed by atoms with van der Waals surface area (Å²) in [7, 11) is 0. The van der Waals surface area contributed by atoms with Crippen LogP contribution in [0.15, 0.2) is 35.6 Å². The first kappa shape index (κ1) is 20.4. The SMILES string of the molecule is CCO/N=C\C(C)(C)NC(=O)C(CC)Oc1ccc2ncc(I)cc2c1. The van der Waals surface area contributed by atoms with Crippen molar-refractivity contribution in [2.45, 2.75) is 45.8 Å². The van der Waals surface area contributed by atoms with Gasteiger partial charge in [0.15, 0.2) is 6.10 Å². The van der Waals surface area contributed by atoms with Gasteiger partial charge in [0.25, 0.3) is 5.91 Å². The maximum absolute atomic E-state index is 12.6. The summed E-state index contributed by atoms with van der Waals surface area (Å²) in [5.41, 5.74) is 0.260. The number of aromatic nitrogens is 1. The second-order valence-corrected chi connectivity index (χ2v) is 7.63. The van der Waals surface area contributed by atoms with Crippen molar-refractivity contribution in [3.05, 3.63) is 34.0 Å². The first-order chi connectivity index (χ1) is 12.3. The number of oxime groups is 1. The van der Waals surface area contributed by atoms with E-state index in [0.717, 1.165) is 14.5 Å². The second kappa shape index (κ2) is 9.16. The number of nitrogens with zero attached hydrogens (tertiary/aromatic N) is 2.